The number of carbonyl (C=O) groups is 1. The van der Waals surface area contributed by atoms with Gasteiger partial charge in [-0.3, -0.25) is 4.79 Å². The van der Waals surface area contributed by atoms with Gasteiger partial charge < -0.3 is 0 Å². The van der Waals surface area contributed by atoms with Crippen LogP contribution in [-0.4, -0.2) is 10.8 Å². The van der Waals surface area contributed by atoms with Crippen molar-refractivity contribution in [3.05, 3.63) is 64.4 Å². The van der Waals surface area contributed by atoms with Crippen LogP contribution >= 0.6 is 11.6 Å². The van der Waals surface area contributed by atoms with E-state index in [-0.39, 0.29) is 16.3 Å². The van der Waals surface area contributed by atoms with Crippen molar-refractivity contribution in [2.45, 2.75) is 0 Å². The Hall–Kier alpha value is -1.81. The van der Waals surface area contributed by atoms with Gasteiger partial charge in [-0.1, -0.05) is 11.6 Å². The molecule has 2 rings (SSSR count). The first-order valence-electron chi connectivity index (χ1n) is 4.68. The number of hydrogen-bond acceptors (Lipinski definition) is 2. The predicted octanol–water partition coefficient (Wildman–Crippen LogP) is 3.24. The molecule has 0 bridgehead atoms. The first-order chi connectivity index (χ1) is 8.06. The molecule has 5 heteroatoms. The third kappa shape index (κ3) is 2.65. The maximum Gasteiger partial charge on any atom is 0.194 e. The quantitative estimate of drug-likeness (QED) is 0.607. The van der Waals surface area contributed by atoms with Crippen molar-refractivity contribution in [1.29, 1.82) is 0 Å². The molecular weight excluding hydrogens is 248 g/mol. The molecule has 0 saturated carbocycles. The number of nitrogens with zero attached hydrogens (tertiary/aromatic N) is 1. The van der Waals surface area contributed by atoms with Crippen LogP contribution in [0.5, 0.6) is 0 Å². The largest absolute Gasteiger partial charge is 0.289 e. The Bertz CT molecular complexity index is 549. The standard InChI is InChI=1S/C12H6ClF2NO/c13-11-2-1-7(6-16-11)12(17)8-3-9(14)5-10(15)4-8/h1-6H. The van der Waals surface area contributed by atoms with Gasteiger partial charge in [-0.25, -0.2) is 13.8 Å². The lowest BCUT2D eigenvalue weighted by Crippen LogP contribution is -2.03. The fraction of sp³-hybridized carbons (Fsp3) is 0. The zero-order valence-electron chi connectivity index (χ0n) is 8.45. The van der Waals surface area contributed by atoms with Crippen LogP contribution in [0, 0.1) is 11.6 Å². The van der Waals surface area contributed by atoms with Gasteiger partial charge in [0.25, 0.3) is 0 Å². The number of benzene rings is 1. The Labute approximate surface area is 101 Å². The SMILES string of the molecule is O=C(c1ccc(Cl)nc1)c1cc(F)cc(F)c1. The molecule has 0 amide bonds. The molecule has 0 aliphatic rings. The zero-order chi connectivity index (χ0) is 12.4. The van der Waals surface area contributed by atoms with Crippen molar-refractivity contribution in [1.82, 2.24) is 4.98 Å². The molecule has 0 aliphatic carbocycles. The van der Waals surface area contributed by atoms with Crippen molar-refractivity contribution < 1.29 is 13.6 Å². The molecule has 1 heterocycles. The molecule has 0 spiro atoms. The minimum Gasteiger partial charge on any atom is -0.289 e. The van der Waals surface area contributed by atoms with Gasteiger partial charge in [0.05, 0.1) is 0 Å². The highest BCUT2D eigenvalue weighted by atomic mass is 35.5. The van der Waals surface area contributed by atoms with Gasteiger partial charge in [0.1, 0.15) is 16.8 Å². The highest BCUT2D eigenvalue weighted by Crippen LogP contribution is 2.14. The van der Waals surface area contributed by atoms with E-state index in [4.69, 9.17) is 11.6 Å². The van der Waals surface area contributed by atoms with E-state index < -0.39 is 17.4 Å². The van der Waals surface area contributed by atoms with Gasteiger partial charge in [0, 0.05) is 23.4 Å². The third-order valence-corrected chi connectivity index (χ3v) is 2.34. The number of hydrogen-bond donors (Lipinski definition) is 0. The Morgan fingerprint density at radius 3 is 2.24 bits per heavy atom. The van der Waals surface area contributed by atoms with Crippen molar-refractivity contribution >= 4 is 17.4 Å². The number of ketones is 1. The van der Waals surface area contributed by atoms with Crippen LogP contribution in [0.15, 0.2) is 36.5 Å². The van der Waals surface area contributed by atoms with E-state index in [2.05, 4.69) is 4.98 Å². The highest BCUT2D eigenvalue weighted by Gasteiger charge is 2.12. The van der Waals surface area contributed by atoms with E-state index in [0.29, 0.717) is 6.07 Å². The van der Waals surface area contributed by atoms with E-state index in [1.807, 2.05) is 0 Å². The molecular formula is C12H6ClF2NO. The van der Waals surface area contributed by atoms with Crippen LogP contribution in [0.1, 0.15) is 15.9 Å². The van der Waals surface area contributed by atoms with Gasteiger partial charge in [-0.2, -0.15) is 0 Å². The molecule has 0 radical (unpaired) electrons. The van der Waals surface area contributed by atoms with Crippen molar-refractivity contribution in [2.75, 3.05) is 0 Å². The average molecular weight is 254 g/mol. The molecule has 2 nitrogen and oxygen atoms in total. The van der Waals surface area contributed by atoms with E-state index in [1.165, 1.54) is 18.3 Å². The summed E-state index contributed by atoms with van der Waals surface area (Å²) in [6, 6.07) is 5.53. The summed E-state index contributed by atoms with van der Waals surface area (Å²) in [7, 11) is 0. The molecule has 0 N–H and O–H groups in total. The Morgan fingerprint density at radius 2 is 1.71 bits per heavy atom. The van der Waals surface area contributed by atoms with Crippen molar-refractivity contribution in [3.8, 4) is 0 Å². The summed E-state index contributed by atoms with van der Waals surface area (Å²) >= 11 is 5.57. The molecule has 86 valence electrons. The monoisotopic (exact) mass is 253 g/mol. The second-order valence-electron chi connectivity index (χ2n) is 3.36. The van der Waals surface area contributed by atoms with Gasteiger partial charge in [0.15, 0.2) is 5.78 Å². The molecule has 0 atom stereocenters. The average Bonchev–Trinajstić information content (AvgIpc) is 2.28. The number of halogens is 3. The normalized spacial score (nSPS) is 10.3. The second-order valence-corrected chi connectivity index (χ2v) is 3.74. The number of pyridine rings is 1. The summed E-state index contributed by atoms with van der Waals surface area (Å²) in [6.07, 6.45) is 1.26. The molecule has 17 heavy (non-hydrogen) atoms. The predicted molar refractivity (Wildman–Crippen MR) is 59.0 cm³/mol. The summed E-state index contributed by atoms with van der Waals surface area (Å²) < 4.78 is 25.9. The lowest BCUT2D eigenvalue weighted by molar-refractivity contribution is 0.103. The molecule has 0 aliphatic heterocycles. The van der Waals surface area contributed by atoms with Crippen LogP contribution < -0.4 is 0 Å². The molecule has 0 fully saturated rings. The summed E-state index contributed by atoms with van der Waals surface area (Å²) in [6.45, 7) is 0. The van der Waals surface area contributed by atoms with Crippen LogP contribution in [0.3, 0.4) is 0 Å². The fourth-order valence-corrected chi connectivity index (χ4v) is 1.47. The maximum atomic E-state index is 12.9. The van der Waals surface area contributed by atoms with Gasteiger partial charge in [-0.15, -0.1) is 0 Å². The number of aromatic nitrogens is 1. The van der Waals surface area contributed by atoms with E-state index in [9.17, 15) is 13.6 Å². The summed E-state index contributed by atoms with van der Waals surface area (Å²) in [5, 5.41) is 0.243. The van der Waals surface area contributed by atoms with Crippen molar-refractivity contribution in [3.63, 3.8) is 0 Å². The van der Waals surface area contributed by atoms with Gasteiger partial charge in [-0.05, 0) is 24.3 Å². The maximum absolute atomic E-state index is 12.9. The minimum absolute atomic E-state index is 0.0633. The Balaban J connectivity index is 2.40. The lowest BCUT2D eigenvalue weighted by atomic mass is 10.1. The molecule has 0 unspecified atom stereocenters. The summed E-state index contributed by atoms with van der Waals surface area (Å²) in [5.74, 6) is -2.10. The van der Waals surface area contributed by atoms with Gasteiger partial charge >= 0.3 is 0 Å². The van der Waals surface area contributed by atoms with Crippen LogP contribution in [0.4, 0.5) is 8.78 Å². The Kier molecular flexibility index (Phi) is 3.15. The van der Waals surface area contributed by atoms with Crippen LogP contribution in [-0.2, 0) is 0 Å². The fourth-order valence-electron chi connectivity index (χ4n) is 1.36. The van der Waals surface area contributed by atoms with Crippen molar-refractivity contribution in [2.24, 2.45) is 0 Å². The molecule has 0 saturated heterocycles. The van der Waals surface area contributed by atoms with E-state index >= 15 is 0 Å². The summed E-state index contributed by atoms with van der Waals surface area (Å²) in [4.78, 5) is 15.6. The van der Waals surface area contributed by atoms with Gasteiger partial charge in [0.2, 0.25) is 0 Å². The number of rotatable bonds is 2. The number of carbonyl (C=O) groups excluding carboxylic acids is 1. The smallest absolute Gasteiger partial charge is 0.194 e. The first-order valence-corrected chi connectivity index (χ1v) is 5.06. The molecule has 1 aromatic heterocycles. The third-order valence-electron chi connectivity index (χ3n) is 2.11. The zero-order valence-corrected chi connectivity index (χ0v) is 9.21. The van der Waals surface area contributed by atoms with E-state index in [0.717, 1.165) is 12.1 Å². The van der Waals surface area contributed by atoms with E-state index in [1.54, 1.807) is 0 Å². The molecule has 2 aromatic rings. The molecule has 1 aromatic carbocycles. The lowest BCUT2D eigenvalue weighted by Gasteiger charge is -2.01. The topological polar surface area (TPSA) is 30.0 Å². The Morgan fingerprint density at radius 1 is 1.06 bits per heavy atom. The highest BCUT2D eigenvalue weighted by molar-refractivity contribution is 6.29. The summed E-state index contributed by atoms with van der Waals surface area (Å²) in [5.41, 5.74) is 0.158. The minimum atomic E-state index is -0.796. The van der Waals surface area contributed by atoms with Crippen LogP contribution in [0.2, 0.25) is 5.15 Å². The van der Waals surface area contributed by atoms with Crippen LogP contribution in [0.25, 0.3) is 0 Å². The second kappa shape index (κ2) is 4.59. The first kappa shape index (κ1) is 11.7.